The predicted octanol–water partition coefficient (Wildman–Crippen LogP) is 2.79. The van der Waals surface area contributed by atoms with Crippen molar-refractivity contribution in [3.63, 3.8) is 0 Å². The molecule has 8 heteroatoms. The average molecular weight is 442 g/mol. The number of hydrogen-bond donors (Lipinski definition) is 0. The minimum Gasteiger partial charge on any atom is -0.364 e. The van der Waals surface area contributed by atoms with Crippen LogP contribution in [0.1, 0.15) is 25.1 Å². The number of rotatable bonds is 3. The van der Waals surface area contributed by atoms with Gasteiger partial charge in [0.2, 0.25) is 0 Å². The molecule has 1 unspecified atom stereocenters. The Labute approximate surface area is 192 Å². The lowest BCUT2D eigenvalue weighted by molar-refractivity contribution is 0.158. The molecular formula is C25H27N7O. The quantitative estimate of drug-likeness (QED) is 0.486. The van der Waals surface area contributed by atoms with Crippen LogP contribution >= 0.6 is 0 Å². The second-order valence-corrected chi connectivity index (χ2v) is 9.00. The fourth-order valence-electron chi connectivity index (χ4n) is 4.94. The van der Waals surface area contributed by atoms with Gasteiger partial charge in [0.05, 0.1) is 22.9 Å². The van der Waals surface area contributed by atoms with E-state index in [1.54, 1.807) is 23.7 Å². The Kier molecular flexibility index (Phi) is 5.14. The Morgan fingerprint density at radius 3 is 2.70 bits per heavy atom. The molecule has 1 aliphatic rings. The largest absolute Gasteiger partial charge is 0.364 e. The van der Waals surface area contributed by atoms with Gasteiger partial charge in [0, 0.05) is 57.3 Å². The maximum Gasteiger partial charge on any atom is 0.252 e. The van der Waals surface area contributed by atoms with E-state index in [2.05, 4.69) is 58.0 Å². The number of aromatic nitrogens is 4. The predicted molar refractivity (Wildman–Crippen MR) is 129 cm³/mol. The van der Waals surface area contributed by atoms with Gasteiger partial charge in [-0.05, 0) is 37.6 Å². The van der Waals surface area contributed by atoms with Crippen LogP contribution in [0.2, 0.25) is 0 Å². The van der Waals surface area contributed by atoms with Crippen molar-refractivity contribution < 1.29 is 0 Å². The highest BCUT2D eigenvalue weighted by Gasteiger charge is 2.31. The molecule has 4 heterocycles. The highest BCUT2D eigenvalue weighted by atomic mass is 16.1. The second-order valence-electron chi connectivity index (χ2n) is 9.00. The van der Waals surface area contributed by atoms with E-state index >= 15 is 0 Å². The maximum atomic E-state index is 12.7. The summed E-state index contributed by atoms with van der Waals surface area (Å²) in [4.78, 5) is 22.0. The first-order valence-corrected chi connectivity index (χ1v) is 11.2. The third-order valence-electron chi connectivity index (χ3n) is 6.86. The lowest BCUT2D eigenvalue weighted by Gasteiger charge is -2.45. The van der Waals surface area contributed by atoms with Crippen LogP contribution in [0.3, 0.4) is 0 Å². The van der Waals surface area contributed by atoms with E-state index in [4.69, 9.17) is 0 Å². The molecule has 1 aliphatic heterocycles. The summed E-state index contributed by atoms with van der Waals surface area (Å²) in [5.74, 6) is 0. The van der Waals surface area contributed by atoms with Crippen LogP contribution in [0.15, 0.2) is 47.4 Å². The van der Waals surface area contributed by atoms with Gasteiger partial charge in [0.25, 0.3) is 5.56 Å². The third-order valence-corrected chi connectivity index (χ3v) is 6.86. The lowest BCUT2D eigenvalue weighted by Crippen LogP contribution is -2.56. The van der Waals surface area contributed by atoms with Crippen LogP contribution in [0, 0.1) is 11.3 Å². The van der Waals surface area contributed by atoms with Gasteiger partial charge in [-0.2, -0.15) is 10.4 Å². The third kappa shape index (κ3) is 3.55. The molecule has 2 atom stereocenters. The number of hydrogen-bond acceptors (Lipinski definition) is 6. The molecule has 3 aromatic heterocycles. The van der Waals surface area contributed by atoms with Crippen LogP contribution in [0.4, 0.5) is 5.69 Å². The monoisotopic (exact) mass is 441 g/mol. The molecule has 0 saturated carbocycles. The molecule has 4 aromatic rings. The molecule has 1 saturated heterocycles. The summed E-state index contributed by atoms with van der Waals surface area (Å²) in [5, 5.41) is 15.0. The molecule has 8 nitrogen and oxygen atoms in total. The lowest BCUT2D eigenvalue weighted by atomic mass is 10.0. The molecule has 33 heavy (non-hydrogen) atoms. The first kappa shape index (κ1) is 21.2. The van der Waals surface area contributed by atoms with Gasteiger partial charge in [0.1, 0.15) is 17.3 Å². The number of piperazine rings is 1. The zero-order valence-electron chi connectivity index (χ0n) is 19.4. The van der Waals surface area contributed by atoms with Crippen LogP contribution < -0.4 is 10.5 Å². The number of aryl methyl sites for hydroxylation is 2. The summed E-state index contributed by atoms with van der Waals surface area (Å²) in [6.45, 7) is 6.87. The average Bonchev–Trinajstić information content (AvgIpc) is 3.20. The molecule has 1 fully saturated rings. The standard InChI is InChI=1S/C25H27N7O/c1-16-14-32(23-10-24(33)29(3)22-9-8-19(11-26)28-25(22)23)17(2)13-31(16)15-18-6-5-7-21-20(18)12-27-30(21)4/h5-10,12,16-17H,13-15H2,1-4H3/t16?,17-/m0/s1. The summed E-state index contributed by atoms with van der Waals surface area (Å²) in [5.41, 5.74) is 4.93. The van der Waals surface area contributed by atoms with Gasteiger partial charge >= 0.3 is 0 Å². The Morgan fingerprint density at radius 2 is 1.91 bits per heavy atom. The molecule has 5 rings (SSSR count). The van der Waals surface area contributed by atoms with Crippen molar-refractivity contribution in [2.45, 2.75) is 32.5 Å². The molecule has 0 spiro atoms. The molecule has 168 valence electrons. The Balaban J connectivity index is 1.48. The summed E-state index contributed by atoms with van der Waals surface area (Å²) < 4.78 is 3.50. The summed E-state index contributed by atoms with van der Waals surface area (Å²) >= 11 is 0. The molecule has 0 bridgehead atoms. The van der Waals surface area contributed by atoms with Gasteiger partial charge in [-0.3, -0.25) is 14.4 Å². The van der Waals surface area contributed by atoms with E-state index in [9.17, 15) is 10.1 Å². The minimum atomic E-state index is -0.0745. The number of pyridine rings is 2. The van der Waals surface area contributed by atoms with Gasteiger partial charge in [-0.25, -0.2) is 4.98 Å². The van der Waals surface area contributed by atoms with Crippen LogP contribution in [0.25, 0.3) is 21.9 Å². The topological polar surface area (TPSA) is 83.0 Å². The zero-order chi connectivity index (χ0) is 23.3. The van der Waals surface area contributed by atoms with Crippen molar-refractivity contribution in [2.75, 3.05) is 18.0 Å². The molecule has 0 amide bonds. The zero-order valence-corrected chi connectivity index (χ0v) is 19.4. The van der Waals surface area contributed by atoms with E-state index in [1.807, 2.05) is 24.0 Å². The van der Waals surface area contributed by atoms with Crippen LogP contribution in [-0.2, 0) is 20.6 Å². The van der Waals surface area contributed by atoms with Crippen molar-refractivity contribution in [3.8, 4) is 6.07 Å². The molecule has 1 aromatic carbocycles. The van der Waals surface area contributed by atoms with Crippen molar-refractivity contribution in [2.24, 2.45) is 14.1 Å². The van der Waals surface area contributed by atoms with Gasteiger partial charge in [-0.1, -0.05) is 12.1 Å². The molecule has 0 aliphatic carbocycles. The highest BCUT2D eigenvalue weighted by Crippen LogP contribution is 2.30. The summed E-state index contributed by atoms with van der Waals surface area (Å²) in [6.07, 6.45) is 1.94. The van der Waals surface area contributed by atoms with E-state index < -0.39 is 0 Å². The maximum absolute atomic E-state index is 12.7. The van der Waals surface area contributed by atoms with E-state index in [-0.39, 0.29) is 17.6 Å². The number of benzene rings is 1. The van der Waals surface area contributed by atoms with Gasteiger partial charge < -0.3 is 9.47 Å². The first-order chi connectivity index (χ1) is 15.9. The normalized spacial score (nSPS) is 19.3. The fourth-order valence-corrected chi connectivity index (χ4v) is 4.94. The van der Waals surface area contributed by atoms with E-state index in [1.165, 1.54) is 10.9 Å². The Bertz CT molecular complexity index is 1460. The fraction of sp³-hybridized carbons (Fsp3) is 0.360. The number of anilines is 1. The molecule has 0 radical (unpaired) electrons. The molecule has 0 N–H and O–H groups in total. The summed E-state index contributed by atoms with van der Waals surface area (Å²) in [6, 6.07) is 14.1. The minimum absolute atomic E-state index is 0.0745. The van der Waals surface area contributed by atoms with Crippen molar-refractivity contribution in [3.05, 3.63) is 64.2 Å². The number of nitriles is 1. The number of fused-ring (bicyclic) bond motifs is 2. The van der Waals surface area contributed by atoms with Crippen molar-refractivity contribution in [1.82, 2.24) is 24.2 Å². The summed E-state index contributed by atoms with van der Waals surface area (Å²) in [7, 11) is 3.71. The Hall–Kier alpha value is -3.70. The molecular weight excluding hydrogens is 414 g/mol. The van der Waals surface area contributed by atoms with Crippen LogP contribution in [-0.4, -0.2) is 49.4 Å². The highest BCUT2D eigenvalue weighted by molar-refractivity contribution is 5.89. The second kappa shape index (κ2) is 8.01. The van der Waals surface area contributed by atoms with E-state index in [0.717, 1.165) is 36.4 Å². The van der Waals surface area contributed by atoms with Crippen molar-refractivity contribution >= 4 is 27.6 Å². The SMILES string of the molecule is CC1CN(c2cc(=O)n(C)c3ccc(C#N)nc23)[C@@H](C)CN1Cc1cccc2c1cnn2C. The Morgan fingerprint density at radius 1 is 1.09 bits per heavy atom. The van der Waals surface area contributed by atoms with Gasteiger partial charge in [0.15, 0.2) is 0 Å². The van der Waals surface area contributed by atoms with Crippen LogP contribution in [0.5, 0.6) is 0 Å². The van der Waals surface area contributed by atoms with Gasteiger partial charge in [-0.15, -0.1) is 0 Å². The van der Waals surface area contributed by atoms with Crippen molar-refractivity contribution in [1.29, 1.82) is 5.26 Å². The smallest absolute Gasteiger partial charge is 0.252 e. The number of nitrogens with zero attached hydrogens (tertiary/aromatic N) is 7. The van der Waals surface area contributed by atoms with E-state index in [0.29, 0.717) is 11.2 Å². The first-order valence-electron chi connectivity index (χ1n) is 11.2.